The van der Waals surface area contributed by atoms with Gasteiger partial charge in [-0.2, -0.15) is 13.2 Å². The summed E-state index contributed by atoms with van der Waals surface area (Å²) < 4.78 is 38.2. The maximum atomic E-state index is 12.7. The summed E-state index contributed by atoms with van der Waals surface area (Å²) in [6.07, 6.45) is -1.33. The standard InChI is InChI=1S/C17H22ClF3N4O.ClH/c1-10-6-11(2-4-22-10)16(26)24-13-3-5-25(9-13)15-14(18)7-12(8-23-15)17(19,20)21;/h7-8,10-11,13,22H,2-6,9H2,1H3,(H,24,26);1H/t10-,11-,13?;/m0./s1. The van der Waals surface area contributed by atoms with E-state index in [1.165, 1.54) is 0 Å². The van der Waals surface area contributed by atoms with Crippen molar-refractivity contribution in [3.05, 3.63) is 22.8 Å². The first-order valence-corrected chi connectivity index (χ1v) is 9.13. The Bertz CT molecular complexity index is 674. The van der Waals surface area contributed by atoms with Crippen molar-refractivity contribution in [2.24, 2.45) is 5.92 Å². The molecule has 0 aromatic carbocycles. The zero-order valence-electron chi connectivity index (χ0n) is 14.9. The monoisotopic (exact) mass is 426 g/mol. The molecule has 2 N–H and O–H groups in total. The molecule has 1 aromatic heterocycles. The van der Waals surface area contributed by atoms with Crippen molar-refractivity contribution in [2.45, 2.75) is 44.4 Å². The lowest BCUT2D eigenvalue weighted by molar-refractivity contribution is -0.137. The second-order valence-corrected chi connectivity index (χ2v) is 7.45. The molecule has 2 aliphatic heterocycles. The van der Waals surface area contributed by atoms with Gasteiger partial charge in [0.05, 0.1) is 10.6 Å². The molecule has 3 atom stereocenters. The molecule has 0 bridgehead atoms. The lowest BCUT2D eigenvalue weighted by Gasteiger charge is -2.28. The van der Waals surface area contributed by atoms with E-state index in [1.54, 1.807) is 0 Å². The van der Waals surface area contributed by atoms with E-state index in [2.05, 4.69) is 22.5 Å². The fraction of sp³-hybridized carbons (Fsp3) is 0.647. The van der Waals surface area contributed by atoms with Crippen LogP contribution >= 0.6 is 24.0 Å². The van der Waals surface area contributed by atoms with Crippen LogP contribution in [0, 0.1) is 5.92 Å². The molecule has 1 amide bonds. The molecule has 0 spiro atoms. The molecule has 2 aliphatic rings. The zero-order valence-corrected chi connectivity index (χ0v) is 16.4. The first kappa shape index (κ1) is 22.0. The lowest BCUT2D eigenvalue weighted by atomic mass is 9.92. The summed E-state index contributed by atoms with van der Waals surface area (Å²) in [4.78, 5) is 18.2. The Labute approximate surface area is 167 Å². The van der Waals surface area contributed by atoms with Crippen molar-refractivity contribution in [1.29, 1.82) is 0 Å². The highest BCUT2D eigenvalue weighted by Gasteiger charge is 2.34. The Hall–Kier alpha value is -1.25. The minimum Gasteiger partial charge on any atom is -0.353 e. The number of nitrogens with zero attached hydrogens (tertiary/aromatic N) is 2. The summed E-state index contributed by atoms with van der Waals surface area (Å²) in [6.45, 7) is 3.98. The van der Waals surface area contributed by atoms with E-state index in [1.807, 2.05) is 4.90 Å². The molecule has 5 nitrogen and oxygen atoms in total. The van der Waals surface area contributed by atoms with E-state index < -0.39 is 11.7 Å². The smallest absolute Gasteiger partial charge is 0.353 e. The van der Waals surface area contributed by atoms with Gasteiger partial charge >= 0.3 is 6.18 Å². The van der Waals surface area contributed by atoms with Crippen LogP contribution in [0.4, 0.5) is 19.0 Å². The number of halogens is 5. The molecule has 2 fully saturated rings. The predicted octanol–water partition coefficient (Wildman–Crippen LogP) is 3.26. The maximum absolute atomic E-state index is 12.7. The van der Waals surface area contributed by atoms with Crippen molar-refractivity contribution in [3.63, 3.8) is 0 Å². The van der Waals surface area contributed by atoms with E-state index >= 15 is 0 Å². The van der Waals surface area contributed by atoms with Gasteiger partial charge in [-0.1, -0.05) is 11.6 Å². The van der Waals surface area contributed by atoms with E-state index in [9.17, 15) is 18.0 Å². The van der Waals surface area contributed by atoms with Crippen LogP contribution in [0.25, 0.3) is 0 Å². The van der Waals surface area contributed by atoms with Gasteiger partial charge < -0.3 is 15.5 Å². The minimum absolute atomic E-state index is 0. The molecule has 3 rings (SSSR count). The first-order chi connectivity index (χ1) is 12.2. The number of hydrogen-bond donors (Lipinski definition) is 2. The van der Waals surface area contributed by atoms with Gasteiger partial charge in [0.25, 0.3) is 0 Å². The molecule has 0 saturated carbocycles. The number of piperidine rings is 1. The fourth-order valence-electron chi connectivity index (χ4n) is 3.58. The summed E-state index contributed by atoms with van der Waals surface area (Å²) in [7, 11) is 0. The number of carbonyl (C=O) groups is 1. The molecule has 27 heavy (non-hydrogen) atoms. The van der Waals surface area contributed by atoms with Crippen LogP contribution in [0.15, 0.2) is 12.3 Å². The van der Waals surface area contributed by atoms with Crippen molar-refractivity contribution in [1.82, 2.24) is 15.6 Å². The topological polar surface area (TPSA) is 57.3 Å². The molecule has 0 aliphatic carbocycles. The Morgan fingerprint density at radius 2 is 2.15 bits per heavy atom. The number of nitrogens with one attached hydrogen (secondary N) is 2. The van der Waals surface area contributed by atoms with Crippen molar-refractivity contribution in [3.8, 4) is 0 Å². The molecule has 1 aromatic rings. The maximum Gasteiger partial charge on any atom is 0.417 e. The van der Waals surface area contributed by atoms with E-state index in [4.69, 9.17) is 11.6 Å². The SMILES string of the molecule is C[C@H]1C[C@@H](C(=O)NC2CCN(c3ncc(C(F)(F)F)cc3Cl)C2)CCN1.Cl. The van der Waals surface area contributed by atoms with Crippen LogP contribution < -0.4 is 15.5 Å². The third-order valence-electron chi connectivity index (χ3n) is 4.98. The zero-order chi connectivity index (χ0) is 18.9. The van der Waals surface area contributed by atoms with Crippen LogP contribution in [-0.4, -0.2) is 42.6 Å². The number of hydrogen-bond acceptors (Lipinski definition) is 4. The van der Waals surface area contributed by atoms with Crippen LogP contribution in [0.3, 0.4) is 0 Å². The van der Waals surface area contributed by atoms with E-state index in [-0.39, 0.29) is 35.3 Å². The van der Waals surface area contributed by atoms with Crippen molar-refractivity contribution >= 4 is 35.7 Å². The van der Waals surface area contributed by atoms with E-state index in [0.717, 1.165) is 31.6 Å². The van der Waals surface area contributed by atoms with Crippen LogP contribution in [0.5, 0.6) is 0 Å². The number of amides is 1. The summed E-state index contributed by atoms with van der Waals surface area (Å²) in [5, 5.41) is 6.36. The first-order valence-electron chi connectivity index (χ1n) is 8.75. The molecule has 1 unspecified atom stereocenters. The second-order valence-electron chi connectivity index (χ2n) is 7.04. The van der Waals surface area contributed by atoms with Gasteiger partial charge in [0, 0.05) is 37.3 Å². The average molecular weight is 427 g/mol. The lowest BCUT2D eigenvalue weighted by Crippen LogP contribution is -2.46. The van der Waals surface area contributed by atoms with Gasteiger partial charge in [0.2, 0.25) is 5.91 Å². The number of pyridine rings is 1. The van der Waals surface area contributed by atoms with Crippen molar-refractivity contribution in [2.75, 3.05) is 24.5 Å². The van der Waals surface area contributed by atoms with Gasteiger partial charge in [-0.15, -0.1) is 12.4 Å². The van der Waals surface area contributed by atoms with Crippen LogP contribution in [-0.2, 0) is 11.0 Å². The summed E-state index contributed by atoms with van der Waals surface area (Å²) in [6, 6.07) is 1.18. The highest BCUT2D eigenvalue weighted by atomic mass is 35.5. The van der Waals surface area contributed by atoms with Crippen LogP contribution in [0.1, 0.15) is 31.7 Å². The Kier molecular flexibility index (Phi) is 7.21. The molecule has 0 radical (unpaired) electrons. The Morgan fingerprint density at radius 3 is 2.78 bits per heavy atom. The number of rotatable bonds is 3. The quantitative estimate of drug-likeness (QED) is 0.778. The third-order valence-corrected chi connectivity index (χ3v) is 5.26. The Balaban J connectivity index is 0.00000261. The molecular formula is C17H23Cl2F3N4O. The number of anilines is 1. The van der Waals surface area contributed by atoms with Crippen LogP contribution in [0.2, 0.25) is 5.02 Å². The normalized spacial score (nSPS) is 25.8. The van der Waals surface area contributed by atoms with E-state index in [0.29, 0.717) is 31.4 Å². The average Bonchev–Trinajstić information content (AvgIpc) is 3.02. The third kappa shape index (κ3) is 5.39. The minimum atomic E-state index is -4.47. The number of carbonyl (C=O) groups excluding carboxylic acids is 1. The molecule has 3 heterocycles. The van der Waals surface area contributed by atoms with Gasteiger partial charge in [0.15, 0.2) is 0 Å². The predicted molar refractivity (Wildman–Crippen MR) is 100 cm³/mol. The second kappa shape index (κ2) is 8.84. The molecular weight excluding hydrogens is 404 g/mol. The number of alkyl halides is 3. The number of aromatic nitrogens is 1. The largest absolute Gasteiger partial charge is 0.417 e. The van der Waals surface area contributed by atoms with Gasteiger partial charge in [0.1, 0.15) is 5.82 Å². The summed E-state index contributed by atoms with van der Waals surface area (Å²) in [5.74, 6) is 0.386. The fourth-order valence-corrected chi connectivity index (χ4v) is 3.86. The van der Waals surface area contributed by atoms with Gasteiger partial charge in [-0.3, -0.25) is 4.79 Å². The highest BCUT2D eigenvalue weighted by molar-refractivity contribution is 6.33. The van der Waals surface area contributed by atoms with Gasteiger partial charge in [-0.05, 0) is 38.8 Å². The molecule has 10 heteroatoms. The molecule has 2 saturated heterocycles. The summed E-state index contributed by atoms with van der Waals surface area (Å²) >= 11 is 6.01. The summed E-state index contributed by atoms with van der Waals surface area (Å²) in [5.41, 5.74) is -0.865. The Morgan fingerprint density at radius 1 is 1.41 bits per heavy atom. The van der Waals surface area contributed by atoms with Gasteiger partial charge in [-0.25, -0.2) is 4.98 Å². The van der Waals surface area contributed by atoms with Crippen molar-refractivity contribution < 1.29 is 18.0 Å². The molecule has 152 valence electrons. The highest BCUT2D eigenvalue weighted by Crippen LogP contribution is 2.34.